The minimum absolute atomic E-state index is 0.0370. The number of halogens is 3. The Hall–Kier alpha value is -0.250. The molecule has 1 rings (SSSR count). The van der Waals surface area contributed by atoms with Crippen molar-refractivity contribution in [3.63, 3.8) is 0 Å². The van der Waals surface area contributed by atoms with E-state index in [1.54, 1.807) is 0 Å². The number of likely N-dealkylation sites (tertiary alicyclic amines) is 1. The minimum Gasteiger partial charge on any atom is -0.295 e. The van der Waals surface area contributed by atoms with Gasteiger partial charge in [-0.05, 0) is 27.2 Å². The zero-order chi connectivity index (χ0) is 10.3. The molecule has 0 saturated carbocycles. The zero-order valence-corrected chi connectivity index (χ0v) is 8.28. The fraction of sp³-hybridized carbons (Fsp3) is 1.00. The van der Waals surface area contributed by atoms with Crippen molar-refractivity contribution in [2.75, 3.05) is 6.54 Å². The second-order valence-electron chi connectivity index (χ2n) is 4.42. The summed E-state index contributed by atoms with van der Waals surface area (Å²) in [6.45, 7) is 6.09. The maximum absolute atomic E-state index is 11.9. The van der Waals surface area contributed by atoms with Crippen molar-refractivity contribution in [1.29, 1.82) is 0 Å². The van der Waals surface area contributed by atoms with Gasteiger partial charge in [-0.2, -0.15) is 13.2 Å². The van der Waals surface area contributed by atoms with E-state index < -0.39 is 12.6 Å². The molecule has 1 atom stereocenters. The van der Waals surface area contributed by atoms with Crippen molar-refractivity contribution in [3.8, 4) is 0 Å². The van der Waals surface area contributed by atoms with Gasteiger partial charge in [0.05, 0.1) is 6.42 Å². The van der Waals surface area contributed by atoms with E-state index in [1.807, 2.05) is 25.7 Å². The molecule has 0 amide bonds. The molecule has 0 aromatic carbocycles. The second-order valence-corrected chi connectivity index (χ2v) is 4.42. The van der Waals surface area contributed by atoms with Gasteiger partial charge in [0.1, 0.15) is 0 Å². The van der Waals surface area contributed by atoms with Crippen LogP contribution in [-0.2, 0) is 0 Å². The van der Waals surface area contributed by atoms with E-state index in [0.717, 1.165) is 6.42 Å². The number of rotatable bonds is 2. The summed E-state index contributed by atoms with van der Waals surface area (Å²) in [6.07, 6.45) is -3.73. The lowest BCUT2D eigenvalue weighted by Gasteiger charge is -2.54. The third-order valence-electron chi connectivity index (χ3n) is 2.74. The molecule has 0 N–H and O–H groups in total. The lowest BCUT2D eigenvalue weighted by Crippen LogP contribution is -2.61. The molecule has 0 aromatic heterocycles. The van der Waals surface area contributed by atoms with Crippen molar-refractivity contribution in [2.24, 2.45) is 0 Å². The Bertz CT molecular complexity index is 186. The Labute approximate surface area is 76.9 Å². The van der Waals surface area contributed by atoms with Gasteiger partial charge in [0.2, 0.25) is 0 Å². The highest BCUT2D eigenvalue weighted by Crippen LogP contribution is 2.36. The van der Waals surface area contributed by atoms with Gasteiger partial charge in [-0.1, -0.05) is 0 Å². The van der Waals surface area contributed by atoms with Gasteiger partial charge in [-0.15, -0.1) is 0 Å². The van der Waals surface area contributed by atoms with Crippen LogP contribution >= 0.6 is 0 Å². The van der Waals surface area contributed by atoms with E-state index in [1.165, 1.54) is 0 Å². The lowest BCUT2D eigenvalue weighted by molar-refractivity contribution is -0.151. The normalized spacial score (nSPS) is 28.6. The molecule has 1 fully saturated rings. The van der Waals surface area contributed by atoms with Crippen molar-refractivity contribution in [2.45, 2.75) is 51.4 Å². The Morgan fingerprint density at radius 3 is 2.23 bits per heavy atom. The first kappa shape index (κ1) is 10.8. The van der Waals surface area contributed by atoms with Gasteiger partial charge < -0.3 is 0 Å². The van der Waals surface area contributed by atoms with Crippen LogP contribution in [0.2, 0.25) is 0 Å². The first-order valence-electron chi connectivity index (χ1n) is 4.56. The van der Waals surface area contributed by atoms with Crippen LogP contribution in [0, 0.1) is 0 Å². The lowest BCUT2D eigenvalue weighted by atomic mass is 9.82. The van der Waals surface area contributed by atoms with Crippen molar-refractivity contribution >= 4 is 0 Å². The van der Waals surface area contributed by atoms with E-state index in [2.05, 4.69) is 0 Å². The van der Waals surface area contributed by atoms with Crippen LogP contribution in [-0.4, -0.2) is 29.2 Å². The molecule has 0 bridgehead atoms. The summed E-state index contributed by atoms with van der Waals surface area (Å²) in [5.74, 6) is 0. The average molecular weight is 195 g/mol. The van der Waals surface area contributed by atoms with Crippen molar-refractivity contribution < 1.29 is 13.2 Å². The molecular weight excluding hydrogens is 179 g/mol. The van der Waals surface area contributed by atoms with E-state index >= 15 is 0 Å². The number of nitrogens with zero attached hydrogens (tertiary/aromatic N) is 1. The van der Waals surface area contributed by atoms with Gasteiger partial charge >= 0.3 is 6.18 Å². The third kappa shape index (κ3) is 2.59. The van der Waals surface area contributed by atoms with Crippen LogP contribution in [0.25, 0.3) is 0 Å². The molecule has 0 aliphatic carbocycles. The van der Waals surface area contributed by atoms with Gasteiger partial charge in [-0.25, -0.2) is 0 Å². The molecule has 1 aliphatic heterocycles. The summed E-state index contributed by atoms with van der Waals surface area (Å²) in [5, 5.41) is 0. The Balaban J connectivity index is 2.37. The number of alkyl halides is 3. The Kier molecular flexibility index (Phi) is 2.63. The molecule has 0 aromatic rings. The summed E-state index contributed by atoms with van der Waals surface area (Å²) < 4.78 is 35.8. The van der Waals surface area contributed by atoms with Crippen molar-refractivity contribution in [3.05, 3.63) is 0 Å². The van der Waals surface area contributed by atoms with E-state index in [9.17, 15) is 13.2 Å². The average Bonchev–Trinajstić information content (AvgIpc) is 1.81. The molecule has 78 valence electrons. The predicted octanol–water partition coefficient (Wildman–Crippen LogP) is 2.81. The Morgan fingerprint density at radius 1 is 1.38 bits per heavy atom. The van der Waals surface area contributed by atoms with Gasteiger partial charge in [0, 0.05) is 18.1 Å². The molecule has 4 heteroatoms. The quantitative estimate of drug-likeness (QED) is 0.655. The maximum atomic E-state index is 11.9. The van der Waals surface area contributed by atoms with E-state index in [-0.39, 0.29) is 12.1 Å². The first-order chi connectivity index (χ1) is 5.72. The number of hydrogen-bond donors (Lipinski definition) is 0. The summed E-state index contributed by atoms with van der Waals surface area (Å²) in [6, 6.07) is 0.303. The largest absolute Gasteiger partial charge is 0.390 e. The third-order valence-corrected chi connectivity index (χ3v) is 2.74. The highest BCUT2D eigenvalue weighted by atomic mass is 19.4. The monoisotopic (exact) mass is 195 g/mol. The van der Waals surface area contributed by atoms with Crippen LogP contribution in [0.5, 0.6) is 0 Å². The first-order valence-corrected chi connectivity index (χ1v) is 4.56. The standard InChI is InChI=1S/C9H16F3N/c1-7-6-8(2,3)13(7)5-4-9(10,11)12/h7H,4-6H2,1-3H3. The molecule has 1 unspecified atom stereocenters. The predicted molar refractivity (Wildman–Crippen MR) is 45.5 cm³/mol. The van der Waals surface area contributed by atoms with E-state index in [0.29, 0.717) is 6.04 Å². The van der Waals surface area contributed by atoms with Gasteiger partial charge in [-0.3, -0.25) is 4.90 Å². The van der Waals surface area contributed by atoms with Crippen LogP contribution in [0.3, 0.4) is 0 Å². The molecule has 1 nitrogen and oxygen atoms in total. The smallest absolute Gasteiger partial charge is 0.295 e. The summed E-state index contributed by atoms with van der Waals surface area (Å²) in [7, 11) is 0. The molecule has 1 aliphatic rings. The Morgan fingerprint density at radius 2 is 1.92 bits per heavy atom. The van der Waals surface area contributed by atoms with Crippen LogP contribution in [0.4, 0.5) is 13.2 Å². The highest BCUT2D eigenvalue weighted by Gasteiger charge is 2.43. The molecule has 1 saturated heterocycles. The van der Waals surface area contributed by atoms with E-state index in [4.69, 9.17) is 0 Å². The summed E-state index contributed by atoms with van der Waals surface area (Å²) in [4.78, 5) is 1.92. The molecule has 0 radical (unpaired) electrons. The van der Waals surface area contributed by atoms with Gasteiger partial charge in [0.25, 0.3) is 0 Å². The molecular formula is C9H16F3N. The van der Waals surface area contributed by atoms with Crippen LogP contribution < -0.4 is 0 Å². The van der Waals surface area contributed by atoms with Crippen LogP contribution in [0.1, 0.15) is 33.6 Å². The van der Waals surface area contributed by atoms with Crippen molar-refractivity contribution in [1.82, 2.24) is 4.90 Å². The second kappa shape index (κ2) is 3.15. The molecule has 0 spiro atoms. The topological polar surface area (TPSA) is 3.24 Å². The molecule has 1 heterocycles. The highest BCUT2D eigenvalue weighted by molar-refractivity contribution is 4.97. The summed E-state index contributed by atoms with van der Waals surface area (Å²) >= 11 is 0. The summed E-state index contributed by atoms with van der Waals surface area (Å²) in [5.41, 5.74) is -0.0370. The maximum Gasteiger partial charge on any atom is 0.390 e. The van der Waals surface area contributed by atoms with Crippen LogP contribution in [0.15, 0.2) is 0 Å². The zero-order valence-electron chi connectivity index (χ0n) is 8.28. The van der Waals surface area contributed by atoms with Gasteiger partial charge in [0.15, 0.2) is 0 Å². The fourth-order valence-corrected chi connectivity index (χ4v) is 2.20. The fourth-order valence-electron chi connectivity index (χ4n) is 2.20. The number of hydrogen-bond acceptors (Lipinski definition) is 1. The SMILES string of the molecule is CC1CC(C)(C)N1CCC(F)(F)F. The minimum atomic E-state index is -4.02. The molecule has 13 heavy (non-hydrogen) atoms.